The SMILES string of the molecule is Cc1ccc(S)cc1C(=O)NC(CN(C)C)C(C)C. The summed E-state index contributed by atoms with van der Waals surface area (Å²) in [5, 5.41) is 3.12. The first kappa shape index (κ1) is 16.1. The van der Waals surface area contributed by atoms with Gasteiger partial charge in [-0.1, -0.05) is 19.9 Å². The summed E-state index contributed by atoms with van der Waals surface area (Å²) in [6.07, 6.45) is 0. The average Bonchev–Trinajstić information content (AvgIpc) is 2.30. The zero-order chi connectivity index (χ0) is 14.6. The molecule has 1 aromatic carbocycles. The molecule has 0 saturated heterocycles. The molecular formula is C15H24N2OS. The van der Waals surface area contributed by atoms with Crippen molar-refractivity contribution in [3.8, 4) is 0 Å². The Morgan fingerprint density at radius 3 is 2.53 bits per heavy atom. The van der Waals surface area contributed by atoms with Gasteiger partial charge in [0.25, 0.3) is 5.91 Å². The van der Waals surface area contributed by atoms with Gasteiger partial charge in [0.05, 0.1) is 0 Å². The molecule has 0 spiro atoms. The van der Waals surface area contributed by atoms with Crippen LogP contribution in [0.2, 0.25) is 0 Å². The van der Waals surface area contributed by atoms with Gasteiger partial charge in [-0.25, -0.2) is 0 Å². The molecule has 1 rings (SSSR count). The standard InChI is InChI=1S/C15H24N2OS/c1-10(2)14(9-17(4)5)16-15(18)13-8-12(19)7-6-11(13)3/h6-8,10,14,19H,9H2,1-5H3,(H,16,18). The van der Waals surface area contributed by atoms with E-state index in [1.54, 1.807) is 0 Å². The fourth-order valence-corrected chi connectivity index (χ4v) is 2.12. The Morgan fingerprint density at radius 2 is 2.00 bits per heavy atom. The second kappa shape index (κ2) is 6.96. The number of aryl methyl sites for hydroxylation is 1. The van der Waals surface area contributed by atoms with Gasteiger partial charge < -0.3 is 10.2 Å². The van der Waals surface area contributed by atoms with E-state index in [1.807, 2.05) is 39.2 Å². The normalized spacial score (nSPS) is 12.8. The van der Waals surface area contributed by atoms with Gasteiger partial charge in [-0.15, -0.1) is 12.6 Å². The molecule has 1 N–H and O–H groups in total. The van der Waals surface area contributed by atoms with Crippen molar-refractivity contribution < 1.29 is 4.79 Å². The smallest absolute Gasteiger partial charge is 0.251 e. The molecule has 0 fully saturated rings. The fraction of sp³-hybridized carbons (Fsp3) is 0.533. The third-order valence-corrected chi connectivity index (χ3v) is 3.43. The lowest BCUT2D eigenvalue weighted by Gasteiger charge is -2.26. The molecule has 0 aliphatic rings. The highest BCUT2D eigenvalue weighted by Crippen LogP contribution is 2.15. The Kier molecular flexibility index (Phi) is 5.88. The third-order valence-electron chi connectivity index (χ3n) is 3.15. The van der Waals surface area contributed by atoms with Gasteiger partial charge in [0.1, 0.15) is 0 Å². The van der Waals surface area contributed by atoms with Crippen molar-refractivity contribution in [2.75, 3.05) is 20.6 Å². The molecule has 0 saturated carbocycles. The first-order valence-corrected chi connectivity index (χ1v) is 7.01. The number of thiol groups is 1. The second-order valence-corrected chi connectivity index (χ2v) is 6.10. The lowest BCUT2D eigenvalue weighted by molar-refractivity contribution is 0.0916. The van der Waals surface area contributed by atoms with Gasteiger partial charge >= 0.3 is 0 Å². The summed E-state index contributed by atoms with van der Waals surface area (Å²) in [6.45, 7) is 7.02. The summed E-state index contributed by atoms with van der Waals surface area (Å²) in [7, 11) is 4.03. The quantitative estimate of drug-likeness (QED) is 0.813. The minimum Gasteiger partial charge on any atom is -0.348 e. The van der Waals surface area contributed by atoms with Crippen molar-refractivity contribution in [3.05, 3.63) is 29.3 Å². The Hall–Kier alpha value is -1.00. The molecule has 1 aromatic rings. The van der Waals surface area contributed by atoms with Crippen LogP contribution in [0.15, 0.2) is 23.1 Å². The molecule has 1 atom stereocenters. The Balaban J connectivity index is 2.84. The molecule has 4 heteroatoms. The van der Waals surface area contributed by atoms with E-state index in [9.17, 15) is 4.79 Å². The number of rotatable bonds is 5. The molecule has 0 aromatic heterocycles. The lowest BCUT2D eigenvalue weighted by Crippen LogP contribution is -2.45. The van der Waals surface area contributed by atoms with Crippen LogP contribution in [0.25, 0.3) is 0 Å². The summed E-state index contributed by atoms with van der Waals surface area (Å²) in [6, 6.07) is 5.79. The molecule has 1 unspecified atom stereocenters. The van der Waals surface area contributed by atoms with E-state index in [2.05, 4.69) is 36.7 Å². The van der Waals surface area contributed by atoms with E-state index in [1.165, 1.54) is 0 Å². The minimum atomic E-state index is -0.0195. The maximum Gasteiger partial charge on any atom is 0.251 e. The summed E-state index contributed by atoms with van der Waals surface area (Å²) in [4.78, 5) is 15.3. The maximum absolute atomic E-state index is 12.4. The third kappa shape index (κ3) is 4.88. The number of benzene rings is 1. The van der Waals surface area contributed by atoms with Gasteiger partial charge in [-0.05, 0) is 44.6 Å². The Bertz CT molecular complexity index is 444. The number of likely N-dealkylation sites (N-methyl/N-ethyl adjacent to an activating group) is 1. The van der Waals surface area contributed by atoms with Crippen LogP contribution >= 0.6 is 12.6 Å². The molecule has 0 heterocycles. The van der Waals surface area contributed by atoms with Crippen molar-refractivity contribution in [2.24, 2.45) is 5.92 Å². The number of nitrogens with one attached hydrogen (secondary N) is 1. The van der Waals surface area contributed by atoms with E-state index in [0.29, 0.717) is 11.5 Å². The number of carbonyl (C=O) groups excluding carboxylic acids is 1. The highest BCUT2D eigenvalue weighted by Gasteiger charge is 2.19. The van der Waals surface area contributed by atoms with E-state index in [-0.39, 0.29) is 11.9 Å². The summed E-state index contributed by atoms with van der Waals surface area (Å²) in [5.41, 5.74) is 1.68. The molecule has 106 valence electrons. The van der Waals surface area contributed by atoms with Gasteiger partial charge in [0, 0.05) is 23.0 Å². The van der Waals surface area contributed by atoms with Crippen LogP contribution in [0.5, 0.6) is 0 Å². The molecule has 0 aliphatic heterocycles. The van der Waals surface area contributed by atoms with E-state index in [0.717, 1.165) is 17.0 Å². The van der Waals surface area contributed by atoms with Crippen molar-refractivity contribution in [1.82, 2.24) is 10.2 Å². The lowest BCUT2D eigenvalue weighted by atomic mass is 10.0. The second-order valence-electron chi connectivity index (χ2n) is 5.59. The zero-order valence-corrected chi connectivity index (χ0v) is 13.3. The van der Waals surface area contributed by atoms with Crippen LogP contribution in [0.3, 0.4) is 0 Å². The van der Waals surface area contributed by atoms with Crippen molar-refractivity contribution in [1.29, 1.82) is 0 Å². The van der Waals surface area contributed by atoms with Crippen LogP contribution in [0.4, 0.5) is 0 Å². The monoisotopic (exact) mass is 280 g/mol. The predicted octanol–water partition coefficient (Wildman–Crippen LogP) is 2.60. The number of carbonyl (C=O) groups is 1. The maximum atomic E-state index is 12.4. The molecule has 19 heavy (non-hydrogen) atoms. The van der Waals surface area contributed by atoms with Crippen LogP contribution in [0.1, 0.15) is 29.8 Å². The van der Waals surface area contributed by atoms with Crippen LogP contribution in [-0.2, 0) is 0 Å². The van der Waals surface area contributed by atoms with Gasteiger partial charge in [-0.3, -0.25) is 4.79 Å². The Morgan fingerprint density at radius 1 is 1.37 bits per heavy atom. The van der Waals surface area contributed by atoms with Crippen LogP contribution in [0, 0.1) is 12.8 Å². The van der Waals surface area contributed by atoms with Gasteiger partial charge in [-0.2, -0.15) is 0 Å². The number of hydrogen-bond donors (Lipinski definition) is 2. The first-order chi connectivity index (χ1) is 8.81. The van der Waals surface area contributed by atoms with Crippen molar-refractivity contribution >= 4 is 18.5 Å². The van der Waals surface area contributed by atoms with Gasteiger partial charge in [0.2, 0.25) is 0 Å². The highest BCUT2D eigenvalue weighted by molar-refractivity contribution is 7.80. The van der Waals surface area contributed by atoms with E-state index < -0.39 is 0 Å². The van der Waals surface area contributed by atoms with Gasteiger partial charge in [0.15, 0.2) is 0 Å². The van der Waals surface area contributed by atoms with Crippen molar-refractivity contribution in [2.45, 2.75) is 31.7 Å². The summed E-state index contributed by atoms with van der Waals surface area (Å²) < 4.78 is 0. The predicted molar refractivity (Wildman–Crippen MR) is 83.1 cm³/mol. The molecule has 1 amide bonds. The van der Waals surface area contributed by atoms with E-state index in [4.69, 9.17) is 0 Å². The fourth-order valence-electron chi connectivity index (χ4n) is 1.92. The first-order valence-electron chi connectivity index (χ1n) is 6.56. The molecule has 0 radical (unpaired) electrons. The molecule has 0 aliphatic carbocycles. The topological polar surface area (TPSA) is 32.3 Å². The Labute approximate surface area is 121 Å². The molecule has 0 bridgehead atoms. The summed E-state index contributed by atoms with van der Waals surface area (Å²) in [5.74, 6) is 0.375. The summed E-state index contributed by atoms with van der Waals surface area (Å²) >= 11 is 4.29. The number of nitrogens with zero attached hydrogens (tertiary/aromatic N) is 1. The van der Waals surface area contributed by atoms with Crippen LogP contribution in [-0.4, -0.2) is 37.5 Å². The largest absolute Gasteiger partial charge is 0.348 e. The molecular weight excluding hydrogens is 256 g/mol. The number of amides is 1. The zero-order valence-electron chi connectivity index (χ0n) is 12.4. The minimum absolute atomic E-state index is 0.0195. The van der Waals surface area contributed by atoms with Crippen LogP contribution < -0.4 is 5.32 Å². The van der Waals surface area contributed by atoms with Crippen molar-refractivity contribution in [3.63, 3.8) is 0 Å². The molecule has 3 nitrogen and oxygen atoms in total. The highest BCUT2D eigenvalue weighted by atomic mass is 32.1. The average molecular weight is 280 g/mol. The number of hydrogen-bond acceptors (Lipinski definition) is 3. The van der Waals surface area contributed by atoms with E-state index >= 15 is 0 Å².